The molecule has 1 aliphatic rings. The van der Waals surface area contributed by atoms with Gasteiger partial charge in [-0.05, 0) is 25.9 Å². The first-order valence-electron chi connectivity index (χ1n) is 5.25. The van der Waals surface area contributed by atoms with Crippen molar-refractivity contribution >= 4 is 0 Å². The predicted octanol–water partition coefficient (Wildman–Crippen LogP) is 3.67. The number of alkyl halides is 6. The van der Waals surface area contributed by atoms with Crippen molar-refractivity contribution in [3.8, 4) is 0 Å². The van der Waals surface area contributed by atoms with Crippen LogP contribution in [0.2, 0.25) is 0 Å². The molecule has 0 aliphatic carbocycles. The lowest BCUT2D eigenvalue weighted by molar-refractivity contribution is -0.203. The van der Waals surface area contributed by atoms with Gasteiger partial charge in [0.1, 0.15) is 5.83 Å². The van der Waals surface area contributed by atoms with E-state index in [2.05, 4.69) is 6.58 Å². The van der Waals surface area contributed by atoms with E-state index in [9.17, 15) is 30.7 Å². The predicted molar refractivity (Wildman–Crippen MR) is 50.4 cm³/mol. The molecule has 0 radical (unpaired) electrons. The Morgan fingerprint density at radius 3 is 1.78 bits per heavy atom. The second kappa shape index (κ2) is 5.07. The molecule has 8 heteroatoms. The van der Waals surface area contributed by atoms with E-state index in [1.54, 1.807) is 0 Å². The first-order valence-corrected chi connectivity index (χ1v) is 5.25. The molecular weight excluding hydrogens is 267 g/mol. The summed E-state index contributed by atoms with van der Waals surface area (Å²) in [5, 5.41) is 0. The van der Waals surface area contributed by atoms with Gasteiger partial charge in [-0.1, -0.05) is 6.58 Å². The van der Waals surface area contributed by atoms with Crippen molar-refractivity contribution in [1.82, 2.24) is 4.90 Å². The summed E-state index contributed by atoms with van der Waals surface area (Å²) in [7, 11) is 0. The maximum atomic E-state index is 12.8. The highest BCUT2D eigenvalue weighted by molar-refractivity contribution is 5.02. The van der Waals surface area contributed by atoms with E-state index < -0.39 is 56.1 Å². The summed E-state index contributed by atoms with van der Waals surface area (Å²) in [6.45, 7) is 1.72. The lowest BCUT2D eigenvalue weighted by Crippen LogP contribution is -2.50. The van der Waals surface area contributed by atoms with Crippen molar-refractivity contribution in [3.63, 3.8) is 0 Å². The fraction of sp³-hybridized carbons (Fsp3) is 0.800. The summed E-state index contributed by atoms with van der Waals surface area (Å²) in [4.78, 5) is 0.657. The molecule has 0 spiro atoms. The van der Waals surface area contributed by atoms with E-state index in [1.165, 1.54) is 0 Å². The summed E-state index contributed by atoms with van der Waals surface area (Å²) in [6.07, 6.45) is -10.2. The van der Waals surface area contributed by atoms with Gasteiger partial charge < -0.3 is 0 Å². The number of hydrogen-bond acceptors (Lipinski definition) is 1. The maximum absolute atomic E-state index is 12.8. The second-order valence-corrected chi connectivity index (χ2v) is 4.24. The van der Waals surface area contributed by atoms with Crippen LogP contribution in [0.15, 0.2) is 12.4 Å². The standard InChI is InChI=1S/C10H12F7N/c1-6(11)8(10(15,16)17)18-4-2-7(3-5-18)9(12,13)14/h7-8H,1-5H2. The zero-order valence-electron chi connectivity index (χ0n) is 9.28. The summed E-state index contributed by atoms with van der Waals surface area (Å²) in [5.74, 6) is -3.21. The first kappa shape index (κ1) is 15.3. The van der Waals surface area contributed by atoms with Crippen LogP contribution in [0.3, 0.4) is 0 Å². The van der Waals surface area contributed by atoms with Crippen LogP contribution >= 0.6 is 0 Å². The van der Waals surface area contributed by atoms with Crippen molar-refractivity contribution in [2.24, 2.45) is 5.92 Å². The Labute approximate surface area is 99.2 Å². The van der Waals surface area contributed by atoms with Gasteiger partial charge in [-0.3, -0.25) is 4.90 Å². The van der Waals surface area contributed by atoms with E-state index in [-0.39, 0.29) is 0 Å². The quantitative estimate of drug-likeness (QED) is 0.697. The molecule has 0 N–H and O–H groups in total. The van der Waals surface area contributed by atoms with Gasteiger partial charge in [-0.15, -0.1) is 0 Å². The van der Waals surface area contributed by atoms with Crippen molar-refractivity contribution in [3.05, 3.63) is 12.4 Å². The summed E-state index contributed by atoms with van der Waals surface area (Å²) in [6, 6.07) is -2.51. The number of rotatable bonds is 2. The Bertz CT molecular complexity index is 298. The Morgan fingerprint density at radius 2 is 1.50 bits per heavy atom. The third kappa shape index (κ3) is 3.60. The molecule has 1 rings (SSSR count). The zero-order chi connectivity index (χ0) is 14.1. The fourth-order valence-corrected chi connectivity index (χ4v) is 2.07. The third-order valence-electron chi connectivity index (χ3n) is 2.96. The summed E-state index contributed by atoms with van der Waals surface area (Å²) >= 11 is 0. The molecule has 1 fully saturated rings. The van der Waals surface area contributed by atoms with E-state index in [0.29, 0.717) is 4.90 Å². The SMILES string of the molecule is C=C(F)C(N1CCC(C(F)(F)F)CC1)C(F)(F)F. The van der Waals surface area contributed by atoms with E-state index in [4.69, 9.17) is 0 Å². The van der Waals surface area contributed by atoms with Crippen LogP contribution in [0, 0.1) is 5.92 Å². The average Bonchev–Trinajstić information content (AvgIpc) is 2.13. The molecule has 1 heterocycles. The number of piperidine rings is 1. The van der Waals surface area contributed by atoms with E-state index in [0.717, 1.165) is 0 Å². The minimum absolute atomic E-state index is 0.447. The average molecular weight is 279 g/mol. The van der Waals surface area contributed by atoms with Gasteiger partial charge >= 0.3 is 12.4 Å². The Hall–Kier alpha value is -0.790. The minimum Gasteiger partial charge on any atom is -0.287 e. The molecule has 1 unspecified atom stereocenters. The molecule has 0 bridgehead atoms. The van der Waals surface area contributed by atoms with Crippen LogP contribution in [0.4, 0.5) is 30.7 Å². The molecule has 0 aromatic carbocycles. The molecule has 18 heavy (non-hydrogen) atoms. The Kier molecular flexibility index (Phi) is 4.30. The molecule has 1 saturated heterocycles. The molecular formula is C10H12F7N. The molecule has 1 atom stereocenters. The van der Waals surface area contributed by atoms with Crippen LogP contribution in [-0.2, 0) is 0 Å². The van der Waals surface area contributed by atoms with E-state index in [1.807, 2.05) is 0 Å². The van der Waals surface area contributed by atoms with Gasteiger partial charge in [0.2, 0.25) is 0 Å². The summed E-state index contributed by atoms with van der Waals surface area (Å²) < 4.78 is 87.4. The van der Waals surface area contributed by atoms with Gasteiger partial charge in [-0.25, -0.2) is 4.39 Å². The van der Waals surface area contributed by atoms with Crippen LogP contribution in [-0.4, -0.2) is 36.4 Å². The zero-order valence-corrected chi connectivity index (χ0v) is 9.28. The lowest BCUT2D eigenvalue weighted by atomic mass is 9.95. The fourth-order valence-electron chi connectivity index (χ4n) is 2.07. The molecule has 1 aliphatic heterocycles. The molecule has 0 amide bonds. The van der Waals surface area contributed by atoms with Gasteiger partial charge in [0.25, 0.3) is 0 Å². The number of halogens is 7. The number of likely N-dealkylation sites (tertiary alicyclic amines) is 1. The summed E-state index contributed by atoms with van der Waals surface area (Å²) in [5.41, 5.74) is 0. The Balaban J connectivity index is 2.69. The third-order valence-corrected chi connectivity index (χ3v) is 2.96. The molecule has 106 valence electrons. The highest BCUT2D eigenvalue weighted by atomic mass is 19.4. The van der Waals surface area contributed by atoms with Crippen LogP contribution in [0.5, 0.6) is 0 Å². The highest BCUT2D eigenvalue weighted by Gasteiger charge is 2.49. The maximum Gasteiger partial charge on any atom is 0.410 e. The number of nitrogens with zero attached hydrogens (tertiary/aromatic N) is 1. The van der Waals surface area contributed by atoms with Gasteiger partial charge in [0.05, 0.1) is 5.92 Å². The smallest absolute Gasteiger partial charge is 0.287 e. The van der Waals surface area contributed by atoms with Crippen molar-refractivity contribution < 1.29 is 30.7 Å². The van der Waals surface area contributed by atoms with Gasteiger partial charge in [0.15, 0.2) is 6.04 Å². The van der Waals surface area contributed by atoms with Crippen LogP contribution in [0.25, 0.3) is 0 Å². The van der Waals surface area contributed by atoms with Crippen molar-refractivity contribution in [2.75, 3.05) is 13.1 Å². The van der Waals surface area contributed by atoms with Crippen LogP contribution < -0.4 is 0 Å². The van der Waals surface area contributed by atoms with Gasteiger partial charge in [-0.2, -0.15) is 26.3 Å². The van der Waals surface area contributed by atoms with Crippen LogP contribution in [0.1, 0.15) is 12.8 Å². The normalized spacial score (nSPS) is 21.9. The highest BCUT2D eigenvalue weighted by Crippen LogP contribution is 2.37. The largest absolute Gasteiger partial charge is 0.410 e. The molecule has 0 aromatic heterocycles. The van der Waals surface area contributed by atoms with Crippen molar-refractivity contribution in [2.45, 2.75) is 31.2 Å². The van der Waals surface area contributed by atoms with E-state index >= 15 is 0 Å². The lowest BCUT2D eigenvalue weighted by Gasteiger charge is -2.37. The second-order valence-electron chi connectivity index (χ2n) is 4.24. The monoisotopic (exact) mass is 279 g/mol. The molecule has 0 saturated carbocycles. The minimum atomic E-state index is -4.86. The van der Waals surface area contributed by atoms with Gasteiger partial charge in [0, 0.05) is 0 Å². The number of hydrogen-bond donors (Lipinski definition) is 0. The topological polar surface area (TPSA) is 3.24 Å². The molecule has 0 aromatic rings. The van der Waals surface area contributed by atoms with Crippen molar-refractivity contribution in [1.29, 1.82) is 0 Å². The molecule has 1 nitrogen and oxygen atoms in total. The first-order chi connectivity index (χ1) is 8.03. The Morgan fingerprint density at radius 1 is 1.06 bits per heavy atom.